The number of allylic oxidation sites excluding steroid dienone is 2. The Morgan fingerprint density at radius 1 is 0.806 bits per heavy atom. The van der Waals surface area contributed by atoms with E-state index in [1.54, 1.807) is 48.5 Å². The molecule has 0 unspecified atom stereocenters. The van der Waals surface area contributed by atoms with Crippen LogP contribution in [0.15, 0.2) is 64.7 Å². The van der Waals surface area contributed by atoms with E-state index in [9.17, 15) is 9.59 Å². The van der Waals surface area contributed by atoms with Crippen LogP contribution in [0.4, 0.5) is 0 Å². The van der Waals surface area contributed by atoms with Crippen LogP contribution in [0, 0.1) is 35.8 Å². The summed E-state index contributed by atoms with van der Waals surface area (Å²) in [5.74, 6) is -0.186. The van der Waals surface area contributed by atoms with Crippen molar-refractivity contribution in [3.63, 3.8) is 0 Å². The number of aromatic nitrogens is 1. The van der Waals surface area contributed by atoms with E-state index in [1.807, 2.05) is 12.1 Å². The number of fused-ring (bicyclic) bond motifs is 4. The minimum atomic E-state index is -0.208. The molecule has 4 aromatic rings. The van der Waals surface area contributed by atoms with Gasteiger partial charge in [-0.05, 0) is 71.2 Å². The van der Waals surface area contributed by atoms with Crippen LogP contribution >= 0.6 is 0 Å². The number of aromatic amines is 1. The monoisotopic (exact) mass is 463 g/mol. The van der Waals surface area contributed by atoms with Gasteiger partial charge in [-0.1, -0.05) is 18.2 Å². The average molecular weight is 463 g/mol. The Bertz CT molecular complexity index is 1920. The molecule has 0 spiro atoms. The number of nitriles is 2. The van der Waals surface area contributed by atoms with Gasteiger partial charge in [-0.25, -0.2) is 20.2 Å². The summed E-state index contributed by atoms with van der Waals surface area (Å²) in [4.78, 5) is 36.3. The molecule has 0 aliphatic heterocycles. The molecule has 3 aromatic carbocycles. The van der Waals surface area contributed by atoms with Crippen molar-refractivity contribution in [2.45, 2.75) is 6.42 Å². The number of carbonyl (C=O) groups excluding carboxylic acids is 1. The molecule has 1 aliphatic carbocycles. The second-order valence-electron chi connectivity index (χ2n) is 8.24. The highest BCUT2D eigenvalue weighted by Gasteiger charge is 2.25. The van der Waals surface area contributed by atoms with E-state index in [2.05, 4.69) is 14.7 Å². The summed E-state index contributed by atoms with van der Waals surface area (Å²) >= 11 is 0. The number of benzene rings is 3. The molecule has 1 N–H and O–H groups in total. The molecule has 0 radical (unpaired) electrons. The second kappa shape index (κ2) is 8.54. The fourth-order valence-corrected chi connectivity index (χ4v) is 4.43. The van der Waals surface area contributed by atoms with Crippen LogP contribution in [0.5, 0.6) is 0 Å². The lowest BCUT2D eigenvalue weighted by atomic mass is 9.83. The van der Waals surface area contributed by atoms with Gasteiger partial charge in [0.25, 0.3) is 11.4 Å². The lowest BCUT2D eigenvalue weighted by Crippen LogP contribution is -2.16. The number of hydrogen-bond donors (Lipinski definition) is 1. The van der Waals surface area contributed by atoms with Gasteiger partial charge in [0.1, 0.15) is 0 Å². The first kappa shape index (κ1) is 22.1. The summed E-state index contributed by atoms with van der Waals surface area (Å²) in [5, 5.41) is 18.9. The van der Waals surface area contributed by atoms with Crippen LogP contribution in [0.25, 0.3) is 43.6 Å². The number of pyridine rings is 1. The molecule has 0 saturated carbocycles. The number of nitrogens with one attached hydrogen (secondary N) is 1. The first-order chi connectivity index (χ1) is 17.4. The maximum atomic E-state index is 13.4. The molecule has 1 aliphatic rings. The van der Waals surface area contributed by atoms with Crippen molar-refractivity contribution in [2.75, 3.05) is 0 Å². The quantitative estimate of drug-likeness (QED) is 0.215. The molecular weight excluding hydrogens is 450 g/mol. The molecule has 5 rings (SSSR count). The third-order valence-corrected chi connectivity index (χ3v) is 6.13. The smallest absolute Gasteiger partial charge is 0.262 e. The Labute approximate surface area is 205 Å². The number of rotatable bonds is 2. The maximum absolute atomic E-state index is 13.4. The Morgan fingerprint density at radius 3 is 2.08 bits per heavy atom. The van der Waals surface area contributed by atoms with Gasteiger partial charge in [0.05, 0.1) is 30.8 Å². The Kier molecular flexibility index (Phi) is 5.23. The predicted octanol–water partition coefficient (Wildman–Crippen LogP) is 5.38. The second-order valence-corrected chi connectivity index (χ2v) is 8.24. The standard InChI is InChI=1S/C29H13N5O2/c1-32-20(14-30)7-16-3-5-18-11-19-12-25-27(13-23(19)28(35)22(18)9-16)34-26-6-4-17(8-21(15-31)33-2)10-24(26)29(25)36/h3-10,12-13H,11H2,(H,34,36)/b20-7+,21-8-. The van der Waals surface area contributed by atoms with Gasteiger partial charge in [-0.2, -0.15) is 0 Å². The summed E-state index contributed by atoms with van der Waals surface area (Å²) in [6.07, 6.45) is 3.34. The van der Waals surface area contributed by atoms with Crippen LogP contribution in [-0.2, 0) is 6.42 Å². The molecule has 7 nitrogen and oxygen atoms in total. The van der Waals surface area contributed by atoms with Crippen molar-refractivity contribution in [3.8, 4) is 12.1 Å². The summed E-state index contributed by atoms with van der Waals surface area (Å²) in [5.41, 5.74) is 4.47. The van der Waals surface area contributed by atoms with Gasteiger partial charge >= 0.3 is 0 Å². The first-order valence-corrected chi connectivity index (χ1v) is 10.7. The minimum Gasteiger partial charge on any atom is -0.354 e. The van der Waals surface area contributed by atoms with Crippen LogP contribution in [0.3, 0.4) is 0 Å². The van der Waals surface area contributed by atoms with Crippen molar-refractivity contribution in [1.29, 1.82) is 10.5 Å². The third kappa shape index (κ3) is 3.61. The molecule has 0 fully saturated rings. The molecule has 1 aromatic heterocycles. The van der Waals surface area contributed by atoms with Crippen LogP contribution in [-0.4, -0.2) is 10.8 Å². The average Bonchev–Trinajstić information content (AvgIpc) is 2.90. The van der Waals surface area contributed by atoms with E-state index in [1.165, 1.54) is 12.2 Å². The zero-order valence-corrected chi connectivity index (χ0v) is 18.6. The first-order valence-electron chi connectivity index (χ1n) is 10.7. The minimum absolute atomic E-state index is 0.0642. The third-order valence-electron chi connectivity index (χ3n) is 6.13. The van der Waals surface area contributed by atoms with Crippen molar-refractivity contribution in [1.82, 2.24) is 4.98 Å². The van der Waals surface area contributed by atoms with Gasteiger partial charge in [-0.15, -0.1) is 0 Å². The van der Waals surface area contributed by atoms with Crippen LogP contribution in [0.1, 0.15) is 38.2 Å². The lowest BCUT2D eigenvalue weighted by Gasteiger charge is -2.20. The number of ketones is 1. The number of H-pyrrole nitrogens is 1. The van der Waals surface area contributed by atoms with Gasteiger partial charge < -0.3 is 4.98 Å². The highest BCUT2D eigenvalue weighted by atomic mass is 16.1. The number of nitrogens with zero attached hydrogens (tertiary/aromatic N) is 4. The van der Waals surface area contributed by atoms with Crippen molar-refractivity contribution >= 4 is 39.7 Å². The number of hydrogen-bond acceptors (Lipinski definition) is 4. The molecule has 0 amide bonds. The highest BCUT2D eigenvalue weighted by Crippen LogP contribution is 2.31. The molecule has 0 saturated heterocycles. The molecule has 0 atom stereocenters. The topological polar surface area (TPSA) is 106 Å². The van der Waals surface area contributed by atoms with E-state index in [0.29, 0.717) is 50.5 Å². The summed E-state index contributed by atoms with van der Waals surface area (Å²) in [6.45, 7) is 14.1. The van der Waals surface area contributed by atoms with Gasteiger partial charge in [0, 0.05) is 27.4 Å². The normalized spacial score (nSPS) is 12.7. The van der Waals surface area contributed by atoms with E-state index in [-0.39, 0.29) is 22.6 Å². The van der Waals surface area contributed by atoms with E-state index in [4.69, 9.17) is 23.7 Å². The Balaban J connectivity index is 1.65. The van der Waals surface area contributed by atoms with Crippen LogP contribution in [0.2, 0.25) is 0 Å². The van der Waals surface area contributed by atoms with Crippen LogP contribution < -0.4 is 5.43 Å². The highest BCUT2D eigenvalue weighted by molar-refractivity contribution is 6.14. The lowest BCUT2D eigenvalue weighted by molar-refractivity contribution is 0.103. The largest absolute Gasteiger partial charge is 0.354 e. The van der Waals surface area contributed by atoms with Gasteiger partial charge in [0.15, 0.2) is 11.2 Å². The number of carbonyl (C=O) groups is 1. The van der Waals surface area contributed by atoms with Crippen molar-refractivity contribution in [2.24, 2.45) is 0 Å². The molecule has 7 heteroatoms. The van der Waals surface area contributed by atoms with Gasteiger partial charge in [0.2, 0.25) is 0 Å². The molecule has 166 valence electrons. The van der Waals surface area contributed by atoms with Crippen molar-refractivity contribution < 1.29 is 4.79 Å². The molecule has 36 heavy (non-hydrogen) atoms. The maximum Gasteiger partial charge on any atom is 0.262 e. The summed E-state index contributed by atoms with van der Waals surface area (Å²) in [7, 11) is 0. The fourth-order valence-electron chi connectivity index (χ4n) is 4.43. The van der Waals surface area contributed by atoms with E-state index >= 15 is 0 Å². The Hall–Kier alpha value is -5.76. The molecule has 0 bridgehead atoms. The SMILES string of the molecule is [C-]#[N+]/C(C#N)=C\c1ccc2[nH]c3cc4c(cc3c(=O)c2c1)Cc1ccc(/C=C(\C#N)[N+]#[C-])cc1C4=O. The molecular formula is C29H13N5O2. The summed E-state index contributed by atoms with van der Waals surface area (Å²) in [6, 6.07) is 17.4. The zero-order valence-electron chi connectivity index (χ0n) is 18.6. The zero-order chi connectivity index (χ0) is 25.4. The van der Waals surface area contributed by atoms with Crippen molar-refractivity contribution in [3.05, 3.63) is 126 Å². The van der Waals surface area contributed by atoms with Gasteiger partial charge in [-0.3, -0.25) is 9.59 Å². The van der Waals surface area contributed by atoms with E-state index < -0.39 is 0 Å². The molecule has 1 heterocycles. The summed E-state index contributed by atoms with van der Waals surface area (Å²) < 4.78 is 0. The Morgan fingerprint density at radius 2 is 1.42 bits per heavy atom. The fraction of sp³-hybridized carbons (Fsp3) is 0.0345. The predicted molar refractivity (Wildman–Crippen MR) is 135 cm³/mol. The van der Waals surface area contributed by atoms with E-state index in [0.717, 1.165) is 11.1 Å².